The zero-order valence-electron chi connectivity index (χ0n) is 29.1. The lowest BCUT2D eigenvalue weighted by atomic mass is 9.84. The molecule has 256 valence electrons. The Morgan fingerprint density at radius 2 is 0.907 bits per heavy atom. The first-order valence-corrected chi connectivity index (χ1v) is 18.1. The molecule has 0 saturated heterocycles. The van der Waals surface area contributed by atoms with Crippen molar-refractivity contribution in [2.45, 2.75) is 0 Å². The van der Waals surface area contributed by atoms with E-state index in [1.165, 1.54) is 12.1 Å². The molecule has 10 rings (SSSR count). The monoisotopic (exact) mass is 698 g/mol. The van der Waals surface area contributed by atoms with Crippen molar-refractivity contribution < 1.29 is 8.78 Å². The molecule has 1 heterocycles. The Balaban J connectivity index is 1.35. The van der Waals surface area contributed by atoms with Crippen LogP contribution in [-0.2, 0) is 0 Å². The summed E-state index contributed by atoms with van der Waals surface area (Å²) in [4.78, 5) is 2.25. The molecule has 54 heavy (non-hydrogen) atoms. The van der Waals surface area contributed by atoms with Crippen LogP contribution in [-0.4, -0.2) is 4.57 Å². The molecule has 2 nitrogen and oxygen atoms in total. The van der Waals surface area contributed by atoms with Crippen molar-refractivity contribution in [1.29, 1.82) is 0 Å². The summed E-state index contributed by atoms with van der Waals surface area (Å²) in [5, 5.41) is 5.61. The molecule has 0 aliphatic rings. The van der Waals surface area contributed by atoms with Crippen LogP contribution >= 0.6 is 0 Å². The van der Waals surface area contributed by atoms with Gasteiger partial charge in [0, 0.05) is 55.5 Å². The Hall–Kier alpha value is -7.04. The van der Waals surface area contributed by atoms with Crippen LogP contribution in [0.3, 0.4) is 0 Å². The van der Waals surface area contributed by atoms with Crippen LogP contribution in [0.15, 0.2) is 194 Å². The van der Waals surface area contributed by atoms with E-state index < -0.39 is 0 Å². The number of halogens is 2. The summed E-state index contributed by atoms with van der Waals surface area (Å²) < 4.78 is 34.4. The Bertz CT molecular complexity index is 3020. The molecule has 9 aromatic carbocycles. The fourth-order valence-electron chi connectivity index (χ4n) is 8.25. The van der Waals surface area contributed by atoms with Gasteiger partial charge in [-0.25, -0.2) is 8.78 Å². The first kappa shape index (κ1) is 31.7. The number of fused-ring (bicyclic) bond motifs is 5. The average molecular weight is 699 g/mol. The maximum atomic E-state index is 16.2. The molecule has 0 unspecified atom stereocenters. The van der Waals surface area contributed by atoms with Gasteiger partial charge in [-0.05, 0) is 82.9 Å². The van der Waals surface area contributed by atoms with Gasteiger partial charge in [0.25, 0.3) is 0 Å². The number of hydrogen-bond donors (Lipinski definition) is 0. The average Bonchev–Trinajstić information content (AvgIpc) is 3.55. The highest BCUT2D eigenvalue weighted by Gasteiger charge is 2.25. The van der Waals surface area contributed by atoms with Gasteiger partial charge in [-0.1, -0.05) is 127 Å². The summed E-state index contributed by atoms with van der Waals surface area (Å²) in [5.41, 5.74) is 8.56. The van der Waals surface area contributed by atoms with Gasteiger partial charge >= 0.3 is 0 Å². The molecule has 0 bridgehead atoms. The Labute approximate surface area is 311 Å². The van der Waals surface area contributed by atoms with E-state index in [-0.39, 0.29) is 11.6 Å². The maximum Gasteiger partial charge on any atom is 0.131 e. The zero-order chi connectivity index (χ0) is 36.2. The minimum absolute atomic E-state index is 0.312. The normalized spacial score (nSPS) is 11.5. The SMILES string of the molecule is Fc1ccccc1-c1c2ccccc2c(-c2ccccc2F)c2c(N(c3ccccc3)c3ccc4c(c3)c3ccccc3n4-c3ccccc3)cccc12. The molecular weight excluding hydrogens is 667 g/mol. The van der Waals surface area contributed by atoms with Crippen molar-refractivity contribution >= 4 is 60.4 Å². The second-order valence-corrected chi connectivity index (χ2v) is 13.5. The second kappa shape index (κ2) is 12.9. The van der Waals surface area contributed by atoms with Gasteiger partial charge in [0.15, 0.2) is 0 Å². The van der Waals surface area contributed by atoms with E-state index in [2.05, 4.69) is 94.4 Å². The Kier molecular flexibility index (Phi) is 7.55. The third-order valence-electron chi connectivity index (χ3n) is 10.5. The van der Waals surface area contributed by atoms with Crippen LogP contribution in [0.4, 0.5) is 25.8 Å². The van der Waals surface area contributed by atoms with Gasteiger partial charge in [0.2, 0.25) is 0 Å². The van der Waals surface area contributed by atoms with E-state index in [9.17, 15) is 0 Å². The third kappa shape index (κ3) is 4.99. The summed E-state index contributed by atoms with van der Waals surface area (Å²) >= 11 is 0. The molecule has 0 atom stereocenters. The van der Waals surface area contributed by atoms with Gasteiger partial charge in [0.1, 0.15) is 11.6 Å². The standard InChI is InChI=1S/C50H32F2N2/c51-43-26-12-9-23-39(43)48-37-21-7-8-22-38(37)49(40-24-10-13-27-44(40)52)50-41(48)25-15-29-47(50)53(33-16-3-1-4-17-33)35-30-31-46-42(32-35)36-20-11-14-28-45(36)54(46)34-18-5-2-6-19-34/h1-32H. The first-order valence-electron chi connectivity index (χ1n) is 18.1. The molecule has 0 N–H and O–H groups in total. The summed E-state index contributed by atoms with van der Waals surface area (Å²) in [6.07, 6.45) is 0. The predicted octanol–water partition coefficient (Wildman–Crippen LogP) is 14.2. The molecule has 0 aliphatic heterocycles. The minimum atomic E-state index is -0.321. The molecule has 4 heteroatoms. The van der Waals surface area contributed by atoms with Crippen LogP contribution in [0.25, 0.3) is 71.3 Å². The number of para-hydroxylation sites is 3. The number of anilines is 3. The summed E-state index contributed by atoms with van der Waals surface area (Å²) in [6, 6.07) is 63.8. The smallest absolute Gasteiger partial charge is 0.131 e. The zero-order valence-corrected chi connectivity index (χ0v) is 29.1. The van der Waals surface area contributed by atoms with Crippen LogP contribution in [0.1, 0.15) is 0 Å². The molecular formula is C50H32F2N2. The van der Waals surface area contributed by atoms with Gasteiger partial charge in [-0.2, -0.15) is 0 Å². The first-order chi connectivity index (χ1) is 26.7. The van der Waals surface area contributed by atoms with Crippen molar-refractivity contribution in [2.75, 3.05) is 4.90 Å². The van der Waals surface area contributed by atoms with E-state index in [4.69, 9.17) is 0 Å². The Morgan fingerprint density at radius 1 is 0.370 bits per heavy atom. The molecule has 10 aromatic rings. The van der Waals surface area contributed by atoms with E-state index in [0.29, 0.717) is 11.1 Å². The molecule has 0 fully saturated rings. The lowest BCUT2D eigenvalue weighted by Gasteiger charge is -2.29. The Morgan fingerprint density at radius 3 is 1.61 bits per heavy atom. The van der Waals surface area contributed by atoms with Crippen LogP contribution in [0.5, 0.6) is 0 Å². The van der Waals surface area contributed by atoms with Crippen molar-refractivity contribution in [3.05, 3.63) is 206 Å². The lowest BCUT2D eigenvalue weighted by Crippen LogP contribution is -2.11. The van der Waals surface area contributed by atoms with Crippen LogP contribution < -0.4 is 4.90 Å². The van der Waals surface area contributed by atoms with Gasteiger partial charge < -0.3 is 9.47 Å². The van der Waals surface area contributed by atoms with Crippen molar-refractivity contribution in [1.82, 2.24) is 4.57 Å². The molecule has 0 aliphatic carbocycles. The van der Waals surface area contributed by atoms with E-state index in [0.717, 1.165) is 77.2 Å². The number of nitrogens with zero attached hydrogens (tertiary/aromatic N) is 2. The highest BCUT2D eigenvalue weighted by Crippen LogP contribution is 2.50. The van der Waals surface area contributed by atoms with Crippen molar-refractivity contribution in [3.63, 3.8) is 0 Å². The van der Waals surface area contributed by atoms with E-state index in [1.54, 1.807) is 12.1 Å². The molecule has 0 saturated carbocycles. The number of benzene rings is 9. The molecule has 0 amide bonds. The number of hydrogen-bond acceptors (Lipinski definition) is 1. The van der Waals surface area contributed by atoms with Crippen LogP contribution in [0, 0.1) is 11.6 Å². The molecule has 1 aromatic heterocycles. The third-order valence-corrected chi connectivity index (χ3v) is 10.5. The fourth-order valence-corrected chi connectivity index (χ4v) is 8.25. The maximum absolute atomic E-state index is 16.2. The highest BCUT2D eigenvalue weighted by molar-refractivity contribution is 6.25. The van der Waals surface area contributed by atoms with Gasteiger partial charge in [-0.3, -0.25) is 0 Å². The molecule has 0 radical (unpaired) electrons. The summed E-state index contributed by atoms with van der Waals surface area (Å²) in [7, 11) is 0. The minimum Gasteiger partial charge on any atom is -0.310 e. The van der Waals surface area contributed by atoms with Crippen LogP contribution in [0.2, 0.25) is 0 Å². The van der Waals surface area contributed by atoms with Gasteiger partial charge in [0.05, 0.1) is 16.7 Å². The predicted molar refractivity (Wildman–Crippen MR) is 221 cm³/mol. The summed E-state index contributed by atoms with van der Waals surface area (Å²) in [6.45, 7) is 0. The molecule has 0 spiro atoms. The topological polar surface area (TPSA) is 8.17 Å². The largest absolute Gasteiger partial charge is 0.310 e. The van der Waals surface area contributed by atoms with Crippen molar-refractivity contribution in [2.24, 2.45) is 0 Å². The summed E-state index contributed by atoms with van der Waals surface area (Å²) in [5.74, 6) is -0.632. The number of rotatable bonds is 6. The number of aromatic nitrogens is 1. The van der Waals surface area contributed by atoms with E-state index >= 15 is 8.78 Å². The highest BCUT2D eigenvalue weighted by atomic mass is 19.1. The fraction of sp³-hybridized carbons (Fsp3) is 0. The second-order valence-electron chi connectivity index (χ2n) is 13.5. The van der Waals surface area contributed by atoms with Gasteiger partial charge in [-0.15, -0.1) is 0 Å². The lowest BCUT2D eigenvalue weighted by molar-refractivity contribution is 0.631. The quantitative estimate of drug-likeness (QED) is 0.157. The van der Waals surface area contributed by atoms with Crippen molar-refractivity contribution in [3.8, 4) is 27.9 Å². The van der Waals surface area contributed by atoms with E-state index in [1.807, 2.05) is 84.9 Å².